The van der Waals surface area contributed by atoms with Crippen LogP contribution in [0.4, 0.5) is 0 Å². The molecule has 2 heteroatoms. The molecule has 2 nitrogen and oxygen atoms in total. The number of rotatable bonds is 7. The topological polar surface area (TPSA) is 15.3 Å². The smallest absolute Gasteiger partial charge is 0.00924 e. The summed E-state index contributed by atoms with van der Waals surface area (Å²) in [6, 6.07) is 0.842. The third kappa shape index (κ3) is 5.87. The summed E-state index contributed by atoms with van der Waals surface area (Å²) in [7, 11) is 2.32. The van der Waals surface area contributed by atoms with Gasteiger partial charge in [0.2, 0.25) is 0 Å². The lowest BCUT2D eigenvalue weighted by Crippen LogP contribution is -2.43. The Morgan fingerprint density at radius 3 is 2.41 bits per heavy atom. The van der Waals surface area contributed by atoms with Gasteiger partial charge in [-0.05, 0) is 38.3 Å². The molecule has 0 amide bonds. The van der Waals surface area contributed by atoms with Crippen LogP contribution in [0.3, 0.4) is 0 Å². The molecule has 0 saturated heterocycles. The Bertz CT molecular complexity index is 195. The van der Waals surface area contributed by atoms with Gasteiger partial charge in [0.25, 0.3) is 0 Å². The summed E-state index contributed by atoms with van der Waals surface area (Å²) in [6.07, 6.45) is 8.37. The van der Waals surface area contributed by atoms with E-state index in [1.165, 1.54) is 45.1 Å². The minimum atomic E-state index is 0.390. The normalized spacial score (nSPS) is 18.9. The molecular formula is C15H32N2. The third-order valence-corrected chi connectivity index (χ3v) is 3.91. The van der Waals surface area contributed by atoms with Gasteiger partial charge >= 0.3 is 0 Å². The molecule has 1 fully saturated rings. The maximum absolute atomic E-state index is 3.56. The Balaban J connectivity index is 2.29. The van der Waals surface area contributed by atoms with E-state index in [0.29, 0.717) is 5.41 Å². The Labute approximate surface area is 108 Å². The largest absolute Gasteiger partial charge is 0.316 e. The standard InChI is InChI=1S/C15H32N2/c1-5-11-16-12-15(2,3)13-17(4)14-9-7-6-8-10-14/h14,16H,5-13H2,1-4H3. The van der Waals surface area contributed by atoms with Gasteiger partial charge in [-0.3, -0.25) is 0 Å². The average Bonchev–Trinajstić information content (AvgIpc) is 2.30. The first-order valence-corrected chi connectivity index (χ1v) is 7.46. The van der Waals surface area contributed by atoms with Crippen LogP contribution in [-0.2, 0) is 0 Å². The molecule has 0 aliphatic heterocycles. The van der Waals surface area contributed by atoms with Crippen molar-refractivity contribution in [1.82, 2.24) is 10.2 Å². The maximum Gasteiger partial charge on any atom is 0.00924 e. The average molecular weight is 240 g/mol. The van der Waals surface area contributed by atoms with Gasteiger partial charge in [0.1, 0.15) is 0 Å². The fourth-order valence-electron chi connectivity index (χ4n) is 2.99. The van der Waals surface area contributed by atoms with Gasteiger partial charge in [-0.25, -0.2) is 0 Å². The van der Waals surface area contributed by atoms with E-state index in [9.17, 15) is 0 Å². The lowest BCUT2D eigenvalue weighted by molar-refractivity contribution is 0.131. The Morgan fingerprint density at radius 2 is 1.82 bits per heavy atom. The quantitative estimate of drug-likeness (QED) is 0.687. The first-order valence-electron chi connectivity index (χ1n) is 7.46. The molecule has 1 saturated carbocycles. The molecule has 1 N–H and O–H groups in total. The minimum absolute atomic E-state index is 0.390. The lowest BCUT2D eigenvalue weighted by atomic mass is 9.89. The molecule has 0 aromatic heterocycles. The van der Waals surface area contributed by atoms with Crippen molar-refractivity contribution in [3.63, 3.8) is 0 Å². The molecule has 0 spiro atoms. The summed E-state index contributed by atoms with van der Waals surface area (Å²) in [6.45, 7) is 10.5. The predicted molar refractivity (Wildman–Crippen MR) is 76.4 cm³/mol. The number of hydrogen-bond donors (Lipinski definition) is 1. The molecule has 0 radical (unpaired) electrons. The highest BCUT2D eigenvalue weighted by Crippen LogP contribution is 2.24. The Hall–Kier alpha value is -0.0800. The number of nitrogens with zero attached hydrogens (tertiary/aromatic N) is 1. The highest BCUT2D eigenvalue weighted by Gasteiger charge is 2.24. The lowest BCUT2D eigenvalue weighted by Gasteiger charge is -2.37. The Morgan fingerprint density at radius 1 is 1.18 bits per heavy atom. The van der Waals surface area contributed by atoms with Gasteiger partial charge in [0, 0.05) is 19.1 Å². The van der Waals surface area contributed by atoms with Gasteiger partial charge in [-0.2, -0.15) is 0 Å². The van der Waals surface area contributed by atoms with Crippen molar-refractivity contribution in [2.45, 2.75) is 65.3 Å². The molecule has 0 aromatic rings. The van der Waals surface area contributed by atoms with E-state index in [-0.39, 0.29) is 0 Å². The fraction of sp³-hybridized carbons (Fsp3) is 1.00. The summed E-state index contributed by atoms with van der Waals surface area (Å²) < 4.78 is 0. The maximum atomic E-state index is 3.56. The van der Waals surface area contributed by atoms with Gasteiger partial charge in [-0.15, -0.1) is 0 Å². The van der Waals surface area contributed by atoms with Crippen LogP contribution < -0.4 is 5.32 Å². The molecule has 0 atom stereocenters. The summed E-state index contributed by atoms with van der Waals surface area (Å²) in [5.74, 6) is 0. The van der Waals surface area contributed by atoms with E-state index in [4.69, 9.17) is 0 Å². The van der Waals surface area contributed by atoms with E-state index < -0.39 is 0 Å². The van der Waals surface area contributed by atoms with Crippen LogP contribution in [0.5, 0.6) is 0 Å². The van der Waals surface area contributed by atoms with Crippen molar-refractivity contribution < 1.29 is 0 Å². The number of hydrogen-bond acceptors (Lipinski definition) is 2. The van der Waals surface area contributed by atoms with Crippen LogP contribution in [0.25, 0.3) is 0 Å². The van der Waals surface area contributed by atoms with Crippen LogP contribution in [0.15, 0.2) is 0 Å². The van der Waals surface area contributed by atoms with Crippen LogP contribution in [-0.4, -0.2) is 37.6 Å². The second-order valence-electron chi connectivity index (χ2n) is 6.55. The molecule has 0 heterocycles. The van der Waals surface area contributed by atoms with Crippen molar-refractivity contribution in [3.8, 4) is 0 Å². The highest BCUT2D eigenvalue weighted by molar-refractivity contribution is 4.80. The first-order chi connectivity index (χ1) is 8.05. The zero-order valence-corrected chi connectivity index (χ0v) is 12.4. The van der Waals surface area contributed by atoms with Gasteiger partial charge < -0.3 is 10.2 Å². The van der Waals surface area contributed by atoms with Crippen LogP contribution >= 0.6 is 0 Å². The van der Waals surface area contributed by atoms with E-state index in [1.807, 2.05) is 0 Å². The molecule has 1 aliphatic rings. The zero-order chi connectivity index (χ0) is 12.7. The van der Waals surface area contributed by atoms with Crippen molar-refractivity contribution in [3.05, 3.63) is 0 Å². The second kappa shape index (κ2) is 7.38. The molecule has 102 valence electrons. The van der Waals surface area contributed by atoms with Gasteiger partial charge in [0.15, 0.2) is 0 Å². The minimum Gasteiger partial charge on any atom is -0.316 e. The van der Waals surface area contributed by atoms with Crippen molar-refractivity contribution in [2.75, 3.05) is 26.7 Å². The molecule has 0 aromatic carbocycles. The molecule has 1 rings (SSSR count). The monoisotopic (exact) mass is 240 g/mol. The molecular weight excluding hydrogens is 208 g/mol. The highest BCUT2D eigenvalue weighted by atomic mass is 15.1. The van der Waals surface area contributed by atoms with Crippen LogP contribution in [0, 0.1) is 5.41 Å². The van der Waals surface area contributed by atoms with Gasteiger partial charge in [-0.1, -0.05) is 40.0 Å². The summed E-state index contributed by atoms with van der Waals surface area (Å²) in [5, 5.41) is 3.56. The van der Waals surface area contributed by atoms with E-state index in [2.05, 4.69) is 38.0 Å². The summed E-state index contributed by atoms with van der Waals surface area (Å²) >= 11 is 0. The molecule has 17 heavy (non-hydrogen) atoms. The van der Waals surface area contributed by atoms with Crippen LogP contribution in [0.2, 0.25) is 0 Å². The fourth-order valence-corrected chi connectivity index (χ4v) is 2.99. The van der Waals surface area contributed by atoms with Crippen molar-refractivity contribution >= 4 is 0 Å². The molecule has 0 bridgehead atoms. The summed E-state index contributed by atoms with van der Waals surface area (Å²) in [5.41, 5.74) is 0.390. The SMILES string of the molecule is CCCNCC(C)(C)CN(C)C1CCCCC1. The molecule has 1 aliphatic carbocycles. The molecule has 0 unspecified atom stereocenters. The first kappa shape index (κ1) is 15.0. The number of nitrogens with one attached hydrogen (secondary N) is 1. The van der Waals surface area contributed by atoms with Crippen molar-refractivity contribution in [1.29, 1.82) is 0 Å². The van der Waals surface area contributed by atoms with E-state index in [0.717, 1.165) is 19.1 Å². The van der Waals surface area contributed by atoms with Crippen molar-refractivity contribution in [2.24, 2.45) is 5.41 Å². The zero-order valence-electron chi connectivity index (χ0n) is 12.4. The second-order valence-corrected chi connectivity index (χ2v) is 6.55. The third-order valence-electron chi connectivity index (χ3n) is 3.91. The Kier molecular flexibility index (Phi) is 6.50. The van der Waals surface area contributed by atoms with E-state index >= 15 is 0 Å². The van der Waals surface area contributed by atoms with E-state index in [1.54, 1.807) is 0 Å². The predicted octanol–water partition coefficient (Wildman–Crippen LogP) is 3.28. The van der Waals surface area contributed by atoms with Gasteiger partial charge in [0.05, 0.1) is 0 Å². The summed E-state index contributed by atoms with van der Waals surface area (Å²) in [4.78, 5) is 2.60. The van der Waals surface area contributed by atoms with Crippen LogP contribution in [0.1, 0.15) is 59.3 Å².